The lowest BCUT2D eigenvalue weighted by Gasteiger charge is -2.27. The number of methoxy groups -OCH3 is 1. The van der Waals surface area contributed by atoms with Gasteiger partial charge in [-0.2, -0.15) is 0 Å². The molecular weight excluding hydrogens is 238 g/mol. The summed E-state index contributed by atoms with van der Waals surface area (Å²) >= 11 is 0. The summed E-state index contributed by atoms with van der Waals surface area (Å²) in [6.07, 6.45) is 5.30. The zero-order chi connectivity index (χ0) is 13.7. The van der Waals surface area contributed by atoms with Crippen LogP contribution < -0.4 is 10.1 Å². The van der Waals surface area contributed by atoms with Crippen molar-refractivity contribution in [1.82, 2.24) is 5.32 Å². The molecule has 0 spiro atoms. The number of aliphatic hydroxyl groups is 1. The van der Waals surface area contributed by atoms with Crippen molar-refractivity contribution in [2.75, 3.05) is 13.7 Å². The van der Waals surface area contributed by atoms with Crippen LogP contribution in [0.5, 0.6) is 5.75 Å². The van der Waals surface area contributed by atoms with Gasteiger partial charge in [0.2, 0.25) is 0 Å². The van der Waals surface area contributed by atoms with E-state index in [-0.39, 0.29) is 6.10 Å². The zero-order valence-electron chi connectivity index (χ0n) is 12.0. The first-order chi connectivity index (χ1) is 9.20. The number of hydrogen-bond acceptors (Lipinski definition) is 3. The van der Waals surface area contributed by atoms with Gasteiger partial charge in [-0.05, 0) is 68.8 Å². The van der Waals surface area contributed by atoms with Crippen molar-refractivity contribution in [3.05, 3.63) is 29.3 Å². The lowest BCUT2D eigenvalue weighted by molar-refractivity contribution is 0.180. The fraction of sp³-hybridized carbons (Fsp3) is 0.625. The van der Waals surface area contributed by atoms with Crippen molar-refractivity contribution in [2.24, 2.45) is 0 Å². The molecule has 2 rings (SSSR count). The molecule has 1 aromatic rings. The van der Waals surface area contributed by atoms with Gasteiger partial charge in [0, 0.05) is 6.04 Å². The molecule has 0 saturated heterocycles. The van der Waals surface area contributed by atoms with Crippen LogP contribution in [0.15, 0.2) is 18.2 Å². The van der Waals surface area contributed by atoms with Gasteiger partial charge in [-0.1, -0.05) is 6.07 Å². The molecule has 0 saturated carbocycles. The highest BCUT2D eigenvalue weighted by Crippen LogP contribution is 2.32. The van der Waals surface area contributed by atoms with E-state index in [2.05, 4.69) is 23.5 Å². The van der Waals surface area contributed by atoms with Crippen molar-refractivity contribution in [2.45, 2.75) is 51.2 Å². The van der Waals surface area contributed by atoms with E-state index in [1.165, 1.54) is 30.4 Å². The van der Waals surface area contributed by atoms with E-state index in [9.17, 15) is 5.11 Å². The van der Waals surface area contributed by atoms with Crippen LogP contribution in [0.2, 0.25) is 0 Å². The van der Waals surface area contributed by atoms with E-state index in [4.69, 9.17) is 4.74 Å². The summed E-state index contributed by atoms with van der Waals surface area (Å²) < 4.78 is 5.32. The predicted octanol–water partition coefficient (Wildman–Crippen LogP) is 2.82. The van der Waals surface area contributed by atoms with E-state index in [0.29, 0.717) is 6.04 Å². The van der Waals surface area contributed by atoms with Crippen molar-refractivity contribution >= 4 is 0 Å². The Bertz CT molecular complexity index is 404. The molecule has 1 aliphatic carbocycles. The normalized spacial score (nSPS) is 19.8. The Labute approximate surface area is 116 Å². The van der Waals surface area contributed by atoms with Crippen LogP contribution in [0.1, 0.15) is 49.8 Å². The summed E-state index contributed by atoms with van der Waals surface area (Å²) in [6, 6.07) is 6.85. The summed E-state index contributed by atoms with van der Waals surface area (Å²) in [7, 11) is 1.72. The summed E-state index contributed by atoms with van der Waals surface area (Å²) in [4.78, 5) is 0. The Morgan fingerprint density at radius 1 is 1.47 bits per heavy atom. The lowest BCUT2D eigenvalue weighted by atomic mass is 9.87. The molecule has 0 aliphatic heterocycles. The van der Waals surface area contributed by atoms with Gasteiger partial charge in [0.05, 0.1) is 13.2 Å². The van der Waals surface area contributed by atoms with Gasteiger partial charge in [-0.3, -0.25) is 0 Å². The highest BCUT2D eigenvalue weighted by molar-refractivity contribution is 5.39. The maximum atomic E-state index is 9.27. The van der Waals surface area contributed by atoms with Crippen molar-refractivity contribution in [3.8, 4) is 5.75 Å². The maximum absolute atomic E-state index is 9.27. The Morgan fingerprint density at radius 3 is 3.05 bits per heavy atom. The van der Waals surface area contributed by atoms with Gasteiger partial charge in [-0.25, -0.2) is 0 Å². The standard InChI is InChI=1S/C16H25NO2/c1-12(18)5-4-10-17-16-7-3-6-13-8-9-14(19-2)11-15(13)16/h8-9,11-12,16-18H,3-7,10H2,1-2H3. The third-order valence-electron chi connectivity index (χ3n) is 3.86. The molecule has 106 valence electrons. The molecule has 1 aromatic carbocycles. The summed E-state index contributed by atoms with van der Waals surface area (Å²) in [5.74, 6) is 0.941. The van der Waals surface area contributed by atoms with E-state index < -0.39 is 0 Å². The Balaban J connectivity index is 1.96. The van der Waals surface area contributed by atoms with E-state index >= 15 is 0 Å². The van der Waals surface area contributed by atoms with Crippen LogP contribution in [0, 0.1) is 0 Å². The van der Waals surface area contributed by atoms with Crippen molar-refractivity contribution in [1.29, 1.82) is 0 Å². The number of fused-ring (bicyclic) bond motifs is 1. The Kier molecular flexibility index (Phi) is 5.23. The monoisotopic (exact) mass is 263 g/mol. The molecule has 3 heteroatoms. The molecule has 2 unspecified atom stereocenters. The van der Waals surface area contributed by atoms with Crippen molar-refractivity contribution in [3.63, 3.8) is 0 Å². The minimum absolute atomic E-state index is 0.194. The van der Waals surface area contributed by atoms with Gasteiger partial charge in [-0.15, -0.1) is 0 Å². The minimum atomic E-state index is -0.194. The number of aryl methyl sites for hydroxylation is 1. The highest BCUT2D eigenvalue weighted by atomic mass is 16.5. The molecular formula is C16H25NO2. The lowest BCUT2D eigenvalue weighted by Crippen LogP contribution is -2.26. The van der Waals surface area contributed by atoms with Crippen LogP contribution in [-0.4, -0.2) is 24.9 Å². The van der Waals surface area contributed by atoms with Gasteiger partial charge in [0.15, 0.2) is 0 Å². The van der Waals surface area contributed by atoms with E-state index in [0.717, 1.165) is 25.1 Å². The van der Waals surface area contributed by atoms with Gasteiger partial charge in [0.1, 0.15) is 5.75 Å². The number of ether oxygens (including phenoxy) is 1. The molecule has 0 heterocycles. The molecule has 0 amide bonds. The van der Waals surface area contributed by atoms with E-state index in [1.54, 1.807) is 7.11 Å². The number of benzene rings is 1. The number of hydrogen-bond donors (Lipinski definition) is 2. The van der Waals surface area contributed by atoms with Gasteiger partial charge >= 0.3 is 0 Å². The Morgan fingerprint density at radius 2 is 2.32 bits per heavy atom. The zero-order valence-corrected chi connectivity index (χ0v) is 12.0. The fourth-order valence-corrected chi connectivity index (χ4v) is 2.79. The molecule has 0 fully saturated rings. The smallest absolute Gasteiger partial charge is 0.119 e. The minimum Gasteiger partial charge on any atom is -0.497 e. The molecule has 3 nitrogen and oxygen atoms in total. The average molecular weight is 263 g/mol. The third-order valence-corrected chi connectivity index (χ3v) is 3.86. The summed E-state index contributed by atoms with van der Waals surface area (Å²) in [5, 5.41) is 12.9. The van der Waals surface area contributed by atoms with Crippen LogP contribution in [0.25, 0.3) is 0 Å². The molecule has 0 bridgehead atoms. The second-order valence-corrected chi connectivity index (χ2v) is 5.45. The predicted molar refractivity (Wildman–Crippen MR) is 77.6 cm³/mol. The quantitative estimate of drug-likeness (QED) is 0.775. The fourth-order valence-electron chi connectivity index (χ4n) is 2.79. The van der Waals surface area contributed by atoms with Crippen molar-refractivity contribution < 1.29 is 9.84 Å². The van der Waals surface area contributed by atoms with Crippen LogP contribution in [0.3, 0.4) is 0 Å². The first kappa shape index (κ1) is 14.4. The highest BCUT2D eigenvalue weighted by Gasteiger charge is 2.20. The second kappa shape index (κ2) is 6.92. The number of rotatable bonds is 6. The molecule has 19 heavy (non-hydrogen) atoms. The molecule has 0 aromatic heterocycles. The molecule has 2 N–H and O–H groups in total. The van der Waals surface area contributed by atoms with Gasteiger partial charge < -0.3 is 15.2 Å². The number of nitrogens with one attached hydrogen (secondary N) is 1. The summed E-state index contributed by atoms with van der Waals surface area (Å²) in [6.45, 7) is 2.81. The summed E-state index contributed by atoms with van der Waals surface area (Å²) in [5.41, 5.74) is 2.84. The third kappa shape index (κ3) is 3.95. The first-order valence-electron chi connectivity index (χ1n) is 7.29. The second-order valence-electron chi connectivity index (χ2n) is 5.45. The molecule has 2 atom stereocenters. The number of aliphatic hydroxyl groups excluding tert-OH is 1. The SMILES string of the molecule is COc1ccc2c(c1)C(NCCCC(C)O)CCC2. The van der Waals surface area contributed by atoms with E-state index in [1.807, 2.05) is 6.92 Å². The van der Waals surface area contributed by atoms with Crippen LogP contribution in [0.4, 0.5) is 0 Å². The maximum Gasteiger partial charge on any atom is 0.119 e. The topological polar surface area (TPSA) is 41.5 Å². The van der Waals surface area contributed by atoms with Crippen LogP contribution >= 0.6 is 0 Å². The molecule has 0 radical (unpaired) electrons. The van der Waals surface area contributed by atoms with Gasteiger partial charge in [0.25, 0.3) is 0 Å². The average Bonchev–Trinajstić information content (AvgIpc) is 2.43. The molecule has 1 aliphatic rings. The largest absolute Gasteiger partial charge is 0.497 e. The van der Waals surface area contributed by atoms with Crippen LogP contribution in [-0.2, 0) is 6.42 Å². The Hall–Kier alpha value is -1.06. The first-order valence-corrected chi connectivity index (χ1v) is 7.29.